The van der Waals surface area contributed by atoms with Crippen molar-refractivity contribution in [1.82, 2.24) is 4.90 Å². The maximum absolute atomic E-state index is 12.7. The first-order chi connectivity index (χ1) is 13.0. The van der Waals surface area contributed by atoms with Crippen molar-refractivity contribution in [3.05, 3.63) is 52.9 Å². The number of methoxy groups -OCH3 is 2. The zero-order valence-corrected chi connectivity index (χ0v) is 16.4. The number of hydrogen-bond acceptors (Lipinski definition) is 7. The van der Waals surface area contributed by atoms with E-state index < -0.39 is 0 Å². The summed E-state index contributed by atoms with van der Waals surface area (Å²) in [6.07, 6.45) is 1.73. The number of anilines is 1. The molecule has 0 radical (unpaired) electrons. The number of thiocarbonyl (C=S) groups is 1. The molecule has 0 aromatic heterocycles. The van der Waals surface area contributed by atoms with Crippen molar-refractivity contribution < 1.29 is 19.4 Å². The molecule has 1 heterocycles. The van der Waals surface area contributed by atoms with Gasteiger partial charge in [0.05, 0.1) is 31.5 Å². The number of thioether (sulfide) groups is 1. The van der Waals surface area contributed by atoms with Crippen LogP contribution >= 0.6 is 24.0 Å². The van der Waals surface area contributed by atoms with Gasteiger partial charge in [0, 0.05) is 0 Å². The lowest BCUT2D eigenvalue weighted by Crippen LogP contribution is -2.33. The van der Waals surface area contributed by atoms with Crippen LogP contribution in [0.3, 0.4) is 0 Å². The summed E-state index contributed by atoms with van der Waals surface area (Å²) in [5.74, 6) is 0.898. The zero-order valence-electron chi connectivity index (χ0n) is 14.8. The Morgan fingerprint density at radius 3 is 2.67 bits per heavy atom. The molecular formula is C19H18N2O4S2. The number of nitrogens with zero attached hydrogens (tertiary/aromatic N) is 1. The number of ether oxygens (including phenoxy) is 2. The molecule has 1 aliphatic rings. The van der Waals surface area contributed by atoms with Gasteiger partial charge < -0.3 is 19.9 Å². The number of carbonyl (C=O) groups is 1. The van der Waals surface area contributed by atoms with E-state index in [0.29, 0.717) is 20.7 Å². The van der Waals surface area contributed by atoms with E-state index in [4.69, 9.17) is 21.7 Å². The molecule has 8 heteroatoms. The van der Waals surface area contributed by atoms with Crippen LogP contribution in [0.1, 0.15) is 5.56 Å². The van der Waals surface area contributed by atoms with Crippen LogP contribution in [0, 0.1) is 0 Å². The number of aromatic hydroxyl groups is 1. The number of hydrogen-bond donors (Lipinski definition) is 2. The summed E-state index contributed by atoms with van der Waals surface area (Å²) in [6.45, 7) is 0.237. The van der Waals surface area contributed by atoms with Gasteiger partial charge in [-0.05, 0) is 35.9 Å². The maximum Gasteiger partial charge on any atom is 0.267 e. The van der Waals surface area contributed by atoms with Gasteiger partial charge in [-0.15, -0.1) is 0 Å². The van der Waals surface area contributed by atoms with E-state index in [-0.39, 0.29) is 18.3 Å². The minimum absolute atomic E-state index is 0.0446. The van der Waals surface area contributed by atoms with Crippen LogP contribution in [-0.4, -0.2) is 41.1 Å². The molecular weight excluding hydrogens is 384 g/mol. The van der Waals surface area contributed by atoms with Gasteiger partial charge in [-0.25, -0.2) is 0 Å². The molecule has 1 aliphatic heterocycles. The fourth-order valence-electron chi connectivity index (χ4n) is 2.53. The lowest BCUT2D eigenvalue weighted by atomic mass is 10.2. The second kappa shape index (κ2) is 8.32. The maximum atomic E-state index is 12.7. The van der Waals surface area contributed by atoms with Gasteiger partial charge in [0.15, 0.2) is 11.5 Å². The molecule has 0 atom stereocenters. The Labute approximate surface area is 166 Å². The average molecular weight is 402 g/mol. The topological polar surface area (TPSA) is 71.0 Å². The molecule has 27 heavy (non-hydrogen) atoms. The number of benzene rings is 2. The van der Waals surface area contributed by atoms with Crippen LogP contribution in [0.2, 0.25) is 0 Å². The Balaban J connectivity index is 1.75. The predicted octanol–water partition coefficient (Wildman–Crippen LogP) is 3.68. The lowest BCUT2D eigenvalue weighted by Gasteiger charge is -2.17. The highest BCUT2D eigenvalue weighted by atomic mass is 32.2. The Bertz CT molecular complexity index is 914. The molecule has 0 saturated carbocycles. The number of phenols is 1. The van der Waals surface area contributed by atoms with E-state index in [1.807, 2.05) is 24.3 Å². The summed E-state index contributed by atoms with van der Waals surface area (Å²) in [7, 11) is 3.07. The highest BCUT2D eigenvalue weighted by Crippen LogP contribution is 2.34. The summed E-state index contributed by atoms with van der Waals surface area (Å²) < 4.78 is 10.9. The Morgan fingerprint density at radius 2 is 1.93 bits per heavy atom. The molecule has 1 amide bonds. The molecule has 0 unspecified atom stereocenters. The summed E-state index contributed by atoms with van der Waals surface area (Å²) >= 11 is 6.58. The van der Waals surface area contributed by atoms with Crippen molar-refractivity contribution in [3.8, 4) is 17.2 Å². The van der Waals surface area contributed by atoms with Crippen LogP contribution < -0.4 is 14.8 Å². The predicted molar refractivity (Wildman–Crippen MR) is 111 cm³/mol. The van der Waals surface area contributed by atoms with Crippen molar-refractivity contribution in [3.63, 3.8) is 0 Å². The van der Waals surface area contributed by atoms with Crippen LogP contribution in [-0.2, 0) is 4.79 Å². The van der Waals surface area contributed by atoms with Crippen LogP contribution in [0.25, 0.3) is 6.08 Å². The van der Waals surface area contributed by atoms with Gasteiger partial charge in [0.25, 0.3) is 5.91 Å². The third-order valence-electron chi connectivity index (χ3n) is 3.91. The molecule has 2 aromatic rings. The molecule has 140 valence electrons. The van der Waals surface area contributed by atoms with Crippen molar-refractivity contribution in [2.24, 2.45) is 0 Å². The number of rotatable bonds is 6. The molecule has 0 bridgehead atoms. The molecule has 0 aliphatic carbocycles. The van der Waals surface area contributed by atoms with Gasteiger partial charge in [0.1, 0.15) is 10.1 Å². The molecule has 3 rings (SSSR count). The first kappa shape index (κ1) is 19.1. The van der Waals surface area contributed by atoms with Gasteiger partial charge in [-0.2, -0.15) is 0 Å². The molecule has 6 nitrogen and oxygen atoms in total. The Kier molecular flexibility index (Phi) is 5.88. The van der Waals surface area contributed by atoms with Crippen LogP contribution in [0.4, 0.5) is 5.69 Å². The highest BCUT2D eigenvalue weighted by Gasteiger charge is 2.32. The molecule has 2 N–H and O–H groups in total. The van der Waals surface area contributed by atoms with E-state index in [2.05, 4.69) is 5.32 Å². The fourth-order valence-corrected chi connectivity index (χ4v) is 3.78. The normalized spacial score (nSPS) is 15.3. The summed E-state index contributed by atoms with van der Waals surface area (Å²) in [5.41, 5.74) is 1.52. The lowest BCUT2D eigenvalue weighted by molar-refractivity contribution is -0.121. The third-order valence-corrected chi connectivity index (χ3v) is 5.29. The quantitative estimate of drug-likeness (QED) is 0.564. The number of amides is 1. The number of nitrogens with one attached hydrogen (secondary N) is 1. The third kappa shape index (κ3) is 4.17. The molecule has 2 aromatic carbocycles. The largest absolute Gasteiger partial charge is 0.504 e. The fraction of sp³-hybridized carbons (Fsp3) is 0.158. The number of para-hydroxylation sites is 2. The van der Waals surface area contributed by atoms with E-state index in [1.54, 1.807) is 25.3 Å². The van der Waals surface area contributed by atoms with Crippen molar-refractivity contribution in [2.45, 2.75) is 0 Å². The molecule has 0 spiro atoms. The van der Waals surface area contributed by atoms with Gasteiger partial charge >= 0.3 is 0 Å². The minimum Gasteiger partial charge on any atom is -0.504 e. The summed E-state index contributed by atoms with van der Waals surface area (Å²) in [5, 5.41) is 12.9. The summed E-state index contributed by atoms with van der Waals surface area (Å²) in [4.78, 5) is 14.7. The number of phenolic OH excluding ortho intramolecular Hbond substituents is 1. The zero-order chi connectivity index (χ0) is 19.4. The molecule has 1 fully saturated rings. The summed E-state index contributed by atoms with van der Waals surface area (Å²) in [6, 6.07) is 12.4. The van der Waals surface area contributed by atoms with Crippen molar-refractivity contribution in [2.75, 3.05) is 26.2 Å². The average Bonchev–Trinajstić information content (AvgIpc) is 2.94. The number of carbonyl (C=O) groups excluding carboxylic acids is 1. The van der Waals surface area contributed by atoms with Gasteiger partial charge in [-0.3, -0.25) is 9.69 Å². The van der Waals surface area contributed by atoms with Gasteiger partial charge in [-0.1, -0.05) is 42.2 Å². The van der Waals surface area contributed by atoms with Crippen LogP contribution in [0.5, 0.6) is 17.2 Å². The van der Waals surface area contributed by atoms with E-state index >= 15 is 0 Å². The Hall–Kier alpha value is -2.71. The smallest absolute Gasteiger partial charge is 0.267 e. The second-order valence-electron chi connectivity index (χ2n) is 5.58. The molecule has 1 saturated heterocycles. The van der Waals surface area contributed by atoms with Crippen molar-refractivity contribution in [1.29, 1.82) is 0 Å². The highest BCUT2D eigenvalue weighted by molar-refractivity contribution is 8.26. The second-order valence-corrected chi connectivity index (χ2v) is 7.25. The standard InChI is InChI=1S/C19H18N2O4S2/c1-24-15-6-4-3-5-13(15)20-11-21-18(23)17(27-19(21)26)10-12-7-8-14(22)16(9-12)25-2/h3-10,20,22H,11H2,1-2H3/b17-10-. The Morgan fingerprint density at radius 1 is 1.19 bits per heavy atom. The van der Waals surface area contributed by atoms with Gasteiger partial charge in [0.2, 0.25) is 0 Å². The van der Waals surface area contributed by atoms with E-state index in [9.17, 15) is 9.90 Å². The minimum atomic E-state index is -0.181. The van der Waals surface area contributed by atoms with Crippen molar-refractivity contribution >= 4 is 46.0 Å². The van der Waals surface area contributed by atoms with Crippen LogP contribution in [0.15, 0.2) is 47.4 Å². The first-order valence-corrected chi connectivity index (χ1v) is 9.25. The monoisotopic (exact) mass is 402 g/mol. The first-order valence-electron chi connectivity index (χ1n) is 8.02. The van der Waals surface area contributed by atoms with E-state index in [1.165, 1.54) is 29.8 Å². The SMILES string of the molecule is COc1cc(/C=C2\SC(=S)N(CNc3ccccc3OC)C2=O)ccc1O. The van der Waals surface area contributed by atoms with E-state index in [0.717, 1.165) is 11.3 Å².